The molecule has 0 heterocycles. The molecule has 0 fully saturated rings. The molecule has 0 saturated carbocycles. The van der Waals surface area contributed by atoms with Gasteiger partial charge in [0.25, 0.3) is 0 Å². The molecule has 0 spiro atoms. The topological polar surface area (TPSA) is 12.0 Å². The van der Waals surface area contributed by atoms with Crippen molar-refractivity contribution in [3.63, 3.8) is 0 Å². The molecule has 0 atom stereocenters. The minimum Gasteiger partial charge on any atom is -0.375 e. The van der Waals surface area contributed by atoms with Gasteiger partial charge in [0.2, 0.25) is 0 Å². The zero-order valence-electron chi connectivity index (χ0n) is 5.34. The van der Waals surface area contributed by atoms with E-state index < -0.39 is 0 Å². The molecule has 0 bridgehead atoms. The largest absolute Gasteiger partial charge is 0.375 e. The Kier molecular flexibility index (Phi) is 3.09. The van der Waals surface area contributed by atoms with Gasteiger partial charge in [-0.05, 0) is 28.1 Å². The van der Waals surface area contributed by atoms with Crippen molar-refractivity contribution in [3.8, 4) is 0 Å². The van der Waals surface area contributed by atoms with Crippen molar-refractivity contribution < 1.29 is 0 Å². The van der Waals surface area contributed by atoms with Crippen LogP contribution in [0.25, 0.3) is 0 Å². The second-order valence-corrected chi connectivity index (χ2v) is 2.99. The molecule has 0 saturated heterocycles. The fraction of sp³-hybridized carbons (Fsp3) is 0.143. The molecular formula is C7H8BrNS. The van der Waals surface area contributed by atoms with Crippen LogP contribution in [-0.4, -0.2) is 5.88 Å². The van der Waals surface area contributed by atoms with Gasteiger partial charge in [-0.2, -0.15) is 12.6 Å². The Labute approximate surface area is 74.4 Å². The van der Waals surface area contributed by atoms with E-state index in [2.05, 4.69) is 33.9 Å². The first-order valence-electron chi connectivity index (χ1n) is 2.94. The van der Waals surface area contributed by atoms with E-state index in [9.17, 15) is 0 Å². The zero-order chi connectivity index (χ0) is 7.40. The number of hydrogen-bond acceptors (Lipinski definition) is 2. The van der Waals surface area contributed by atoms with Crippen molar-refractivity contribution >= 4 is 34.2 Å². The zero-order valence-corrected chi connectivity index (χ0v) is 7.82. The van der Waals surface area contributed by atoms with Gasteiger partial charge in [-0.3, -0.25) is 0 Å². The second kappa shape index (κ2) is 3.88. The average molecular weight is 218 g/mol. The first-order valence-corrected chi connectivity index (χ1v) is 4.36. The number of rotatable bonds is 2. The SMILES string of the molecule is SCNc1ccccc1Br. The van der Waals surface area contributed by atoms with Crippen LogP contribution in [-0.2, 0) is 0 Å². The number of thiol groups is 1. The smallest absolute Gasteiger partial charge is 0.0581 e. The summed E-state index contributed by atoms with van der Waals surface area (Å²) in [7, 11) is 0. The maximum Gasteiger partial charge on any atom is 0.0581 e. The Morgan fingerprint density at radius 2 is 2.10 bits per heavy atom. The molecule has 3 heteroatoms. The molecule has 0 radical (unpaired) electrons. The predicted octanol–water partition coefficient (Wildman–Crippen LogP) is 2.75. The Bertz CT molecular complexity index is 215. The quantitative estimate of drug-likeness (QED) is 0.574. The Morgan fingerprint density at radius 1 is 1.40 bits per heavy atom. The van der Waals surface area contributed by atoms with Crippen LogP contribution in [0.5, 0.6) is 0 Å². The number of para-hydroxylation sites is 1. The van der Waals surface area contributed by atoms with Gasteiger partial charge in [-0.1, -0.05) is 12.1 Å². The van der Waals surface area contributed by atoms with Crippen LogP contribution in [0, 0.1) is 0 Å². The van der Waals surface area contributed by atoms with Gasteiger partial charge in [-0.25, -0.2) is 0 Å². The summed E-state index contributed by atoms with van der Waals surface area (Å²) < 4.78 is 1.07. The van der Waals surface area contributed by atoms with Gasteiger partial charge in [0, 0.05) is 10.2 Å². The van der Waals surface area contributed by atoms with Gasteiger partial charge in [0.15, 0.2) is 0 Å². The molecule has 1 aromatic carbocycles. The van der Waals surface area contributed by atoms with Crippen LogP contribution >= 0.6 is 28.6 Å². The summed E-state index contributed by atoms with van der Waals surface area (Å²) in [6.45, 7) is 0. The monoisotopic (exact) mass is 217 g/mol. The first kappa shape index (κ1) is 7.95. The van der Waals surface area contributed by atoms with Crippen LogP contribution in [0.15, 0.2) is 28.7 Å². The van der Waals surface area contributed by atoms with Crippen molar-refractivity contribution in [2.24, 2.45) is 0 Å². The van der Waals surface area contributed by atoms with E-state index >= 15 is 0 Å². The maximum atomic E-state index is 4.05. The van der Waals surface area contributed by atoms with Crippen molar-refractivity contribution in [2.75, 3.05) is 11.2 Å². The third kappa shape index (κ3) is 1.92. The molecule has 10 heavy (non-hydrogen) atoms. The van der Waals surface area contributed by atoms with Crippen LogP contribution < -0.4 is 5.32 Å². The third-order valence-electron chi connectivity index (χ3n) is 1.14. The highest BCUT2D eigenvalue weighted by atomic mass is 79.9. The first-order chi connectivity index (χ1) is 4.84. The van der Waals surface area contributed by atoms with Gasteiger partial charge in [0.1, 0.15) is 0 Å². The lowest BCUT2D eigenvalue weighted by Gasteiger charge is -2.03. The standard InChI is InChI=1S/C7H8BrNS/c8-6-3-1-2-4-7(6)9-5-10/h1-4,9-10H,5H2. The molecule has 0 aliphatic rings. The lowest BCUT2D eigenvalue weighted by atomic mass is 10.3. The lowest BCUT2D eigenvalue weighted by Crippen LogP contribution is -1.93. The molecule has 1 nitrogen and oxygen atoms in total. The van der Waals surface area contributed by atoms with E-state index in [1.807, 2.05) is 24.3 Å². The van der Waals surface area contributed by atoms with Gasteiger partial charge in [-0.15, -0.1) is 0 Å². The average Bonchev–Trinajstić information content (AvgIpc) is 1.94. The fourth-order valence-corrected chi connectivity index (χ4v) is 1.29. The highest BCUT2D eigenvalue weighted by Crippen LogP contribution is 2.20. The summed E-state index contributed by atoms with van der Waals surface area (Å²) in [5, 5.41) is 3.09. The summed E-state index contributed by atoms with van der Waals surface area (Å²) in [6.07, 6.45) is 0. The number of halogens is 1. The van der Waals surface area contributed by atoms with Crippen molar-refractivity contribution in [1.82, 2.24) is 0 Å². The highest BCUT2D eigenvalue weighted by Gasteiger charge is 1.92. The molecule has 0 aliphatic heterocycles. The maximum absolute atomic E-state index is 4.05. The number of hydrogen-bond donors (Lipinski definition) is 2. The van der Waals surface area contributed by atoms with E-state index in [1.165, 1.54) is 0 Å². The minimum atomic E-state index is 0.655. The van der Waals surface area contributed by atoms with Crippen molar-refractivity contribution in [3.05, 3.63) is 28.7 Å². The normalized spacial score (nSPS) is 9.40. The van der Waals surface area contributed by atoms with E-state index in [4.69, 9.17) is 0 Å². The van der Waals surface area contributed by atoms with Crippen LogP contribution in [0.1, 0.15) is 0 Å². The van der Waals surface area contributed by atoms with Crippen molar-refractivity contribution in [2.45, 2.75) is 0 Å². The molecule has 1 rings (SSSR count). The fourth-order valence-electron chi connectivity index (χ4n) is 0.690. The Balaban J connectivity index is 2.81. The van der Waals surface area contributed by atoms with E-state index in [1.54, 1.807) is 0 Å². The Morgan fingerprint density at radius 3 is 2.70 bits per heavy atom. The molecule has 0 unspecified atom stereocenters. The van der Waals surface area contributed by atoms with E-state index in [0.29, 0.717) is 5.88 Å². The highest BCUT2D eigenvalue weighted by molar-refractivity contribution is 9.10. The molecule has 0 aromatic heterocycles. The van der Waals surface area contributed by atoms with E-state index in [-0.39, 0.29) is 0 Å². The van der Waals surface area contributed by atoms with Gasteiger partial charge >= 0.3 is 0 Å². The molecule has 0 aliphatic carbocycles. The third-order valence-corrected chi connectivity index (χ3v) is 1.99. The van der Waals surface area contributed by atoms with E-state index in [0.717, 1.165) is 10.2 Å². The van der Waals surface area contributed by atoms with Crippen LogP contribution in [0.2, 0.25) is 0 Å². The summed E-state index contributed by atoms with van der Waals surface area (Å²) in [4.78, 5) is 0. The van der Waals surface area contributed by atoms with Crippen LogP contribution in [0.3, 0.4) is 0 Å². The second-order valence-electron chi connectivity index (χ2n) is 1.81. The Hall–Kier alpha value is -0.150. The summed E-state index contributed by atoms with van der Waals surface area (Å²) in [6, 6.07) is 7.95. The van der Waals surface area contributed by atoms with Crippen LogP contribution in [0.4, 0.5) is 5.69 Å². The number of anilines is 1. The summed E-state index contributed by atoms with van der Waals surface area (Å²) in [5.41, 5.74) is 1.08. The predicted molar refractivity (Wildman–Crippen MR) is 51.6 cm³/mol. The van der Waals surface area contributed by atoms with Crippen molar-refractivity contribution in [1.29, 1.82) is 0 Å². The minimum absolute atomic E-state index is 0.655. The number of nitrogens with one attached hydrogen (secondary N) is 1. The summed E-state index contributed by atoms with van der Waals surface area (Å²) in [5.74, 6) is 0.655. The molecule has 1 aromatic rings. The molecule has 0 amide bonds. The van der Waals surface area contributed by atoms with Gasteiger partial charge < -0.3 is 5.32 Å². The molecular weight excluding hydrogens is 210 g/mol. The summed E-state index contributed by atoms with van der Waals surface area (Å²) >= 11 is 7.45. The molecule has 54 valence electrons. The van der Waals surface area contributed by atoms with Gasteiger partial charge in [0.05, 0.1) is 5.88 Å². The molecule has 1 N–H and O–H groups in total. The lowest BCUT2D eigenvalue weighted by molar-refractivity contribution is 1.45. The number of benzene rings is 1.